The summed E-state index contributed by atoms with van der Waals surface area (Å²) in [5.74, 6) is 0. The second-order valence-electron chi connectivity index (χ2n) is 0. The van der Waals surface area contributed by atoms with Gasteiger partial charge < -0.3 is 16.6 Å². The molecule has 5 N–H and O–H groups in total. The molecule has 0 amide bonds. The van der Waals surface area contributed by atoms with Crippen molar-refractivity contribution in [3.63, 3.8) is 0 Å². The molecule has 4 radical (unpaired) electrons. The van der Waals surface area contributed by atoms with Crippen molar-refractivity contribution >= 4 is 7.98 Å². The maximum Gasteiger partial charge on any atom is 0 e. The Kier molecular flexibility index (Phi) is 409. The molecule has 0 saturated carbocycles. The fourth-order valence-electron chi connectivity index (χ4n) is 0. The quantitative estimate of drug-likeness (QED) is 0.459. The number of hydrogen-bond donors (Lipinski definition) is 0. The predicted molar refractivity (Wildman–Crippen MR) is 17.3 cm³/mol. The second kappa shape index (κ2) is 58.4. The van der Waals surface area contributed by atoms with Gasteiger partial charge in [-0.25, -0.2) is 0 Å². The largest absolute Gasteiger partial charge is 0.716 e. The summed E-state index contributed by atoms with van der Waals surface area (Å²) in [5, 5.41) is 0. The Labute approximate surface area is 88.6 Å². The molecular formula is H5BNO2Y2-. The van der Waals surface area contributed by atoms with Gasteiger partial charge in [-0.3, -0.25) is 0 Å². The molecule has 0 fully saturated rings. The van der Waals surface area contributed by atoms with E-state index in [0.29, 0.717) is 0 Å². The maximum atomic E-state index is 5.25. The molecule has 0 aromatic carbocycles. The van der Waals surface area contributed by atoms with E-state index in [4.69, 9.17) is 5.64 Å². The Balaban J connectivity index is -0.000000000833. The van der Waals surface area contributed by atoms with E-state index >= 15 is 0 Å². The van der Waals surface area contributed by atoms with E-state index in [1.165, 1.54) is 0 Å². The van der Waals surface area contributed by atoms with Crippen LogP contribution in [0.15, 0.2) is 0 Å². The van der Waals surface area contributed by atoms with Crippen molar-refractivity contribution in [3.8, 4) is 0 Å². The summed E-state index contributed by atoms with van der Waals surface area (Å²) >= 11 is 0. The van der Waals surface area contributed by atoms with Crippen LogP contribution in [-0.2, 0) is 65.4 Å². The average molecular weight is 240 g/mol. The molecule has 6 heavy (non-hydrogen) atoms. The Morgan fingerprint density at radius 2 is 0.833 bits per heavy atom. The smallest absolute Gasteiger partial charge is 0 e. The summed E-state index contributed by atoms with van der Waals surface area (Å²) in [6.45, 7) is 0. The summed E-state index contributed by atoms with van der Waals surface area (Å²) in [6, 6.07) is 0. The van der Waals surface area contributed by atoms with E-state index in [0.717, 1.165) is 0 Å². The van der Waals surface area contributed by atoms with Gasteiger partial charge in [-0.1, -0.05) is 0 Å². The second-order valence-corrected chi connectivity index (χ2v) is 0. The molecule has 0 aliphatic heterocycles. The summed E-state index contributed by atoms with van der Waals surface area (Å²) in [7, 11) is 3.75. The Hall–Kier alpha value is 2.15. The van der Waals surface area contributed by atoms with Gasteiger partial charge in [-0.2, -0.15) is 0 Å². The zero-order valence-corrected chi connectivity index (χ0v) is 8.91. The monoisotopic (exact) mass is 240 g/mol. The SMILES string of the molecule is O.O.[B][NH-].[Y].[Y]. The minimum atomic E-state index is 0. The summed E-state index contributed by atoms with van der Waals surface area (Å²) in [5.41, 5.74) is 5.25. The van der Waals surface area contributed by atoms with Crippen molar-refractivity contribution in [1.82, 2.24) is 0 Å². The van der Waals surface area contributed by atoms with Crippen LogP contribution in [0.5, 0.6) is 0 Å². The van der Waals surface area contributed by atoms with Crippen LogP contribution < -0.4 is 0 Å². The normalized spacial score (nSPS) is 0.833. The molecule has 0 atom stereocenters. The third-order valence-electron chi connectivity index (χ3n) is 0. The molecule has 0 aromatic rings. The van der Waals surface area contributed by atoms with Crippen LogP contribution in [0.4, 0.5) is 0 Å². The summed E-state index contributed by atoms with van der Waals surface area (Å²) in [6.07, 6.45) is 0. The minimum Gasteiger partial charge on any atom is -0.716 e. The van der Waals surface area contributed by atoms with Gasteiger partial charge in [0, 0.05) is 65.4 Å². The van der Waals surface area contributed by atoms with Crippen LogP contribution in [0.25, 0.3) is 5.64 Å². The first kappa shape index (κ1) is 42.0. The molecule has 0 unspecified atom stereocenters. The van der Waals surface area contributed by atoms with E-state index in [1.54, 1.807) is 0 Å². The summed E-state index contributed by atoms with van der Waals surface area (Å²) in [4.78, 5) is 0. The van der Waals surface area contributed by atoms with E-state index in [-0.39, 0.29) is 76.4 Å². The Morgan fingerprint density at radius 1 is 0.833 bits per heavy atom. The topological polar surface area (TPSA) is 86.8 Å². The Bertz CT molecular complexity index is 11.5. The minimum absolute atomic E-state index is 0. The van der Waals surface area contributed by atoms with Gasteiger partial charge in [0.15, 0.2) is 0 Å². The number of nitrogens with one attached hydrogen (secondary N) is 1. The first-order valence-electron chi connectivity index (χ1n) is 0.289. The van der Waals surface area contributed by atoms with Crippen molar-refractivity contribution in [1.29, 1.82) is 0 Å². The van der Waals surface area contributed by atoms with Gasteiger partial charge in [-0.15, -0.1) is 7.98 Å². The van der Waals surface area contributed by atoms with Crippen LogP contribution >= 0.6 is 0 Å². The van der Waals surface area contributed by atoms with E-state index < -0.39 is 0 Å². The van der Waals surface area contributed by atoms with Gasteiger partial charge in [-0.05, 0) is 0 Å². The van der Waals surface area contributed by atoms with E-state index in [1.807, 2.05) is 0 Å². The van der Waals surface area contributed by atoms with Crippen molar-refractivity contribution in [3.05, 3.63) is 5.64 Å². The first-order chi connectivity index (χ1) is 1.00. The average Bonchev–Trinajstić information content (AvgIpc) is 1.00. The molecule has 0 spiro atoms. The number of rotatable bonds is 0. The van der Waals surface area contributed by atoms with Crippen LogP contribution in [-0.4, -0.2) is 18.9 Å². The van der Waals surface area contributed by atoms with Crippen LogP contribution in [0.3, 0.4) is 0 Å². The summed E-state index contributed by atoms with van der Waals surface area (Å²) < 4.78 is 0. The zero-order chi connectivity index (χ0) is 2.00. The third-order valence-corrected chi connectivity index (χ3v) is 0. The van der Waals surface area contributed by atoms with Gasteiger partial charge >= 0.3 is 0 Å². The van der Waals surface area contributed by atoms with Gasteiger partial charge in [0.2, 0.25) is 0 Å². The van der Waals surface area contributed by atoms with E-state index in [2.05, 4.69) is 7.98 Å². The molecule has 0 rings (SSSR count). The van der Waals surface area contributed by atoms with Gasteiger partial charge in [0.05, 0.1) is 0 Å². The molecule has 3 nitrogen and oxygen atoms in total. The molecular weight excluding hydrogens is 235 g/mol. The molecule has 32 valence electrons. The fraction of sp³-hybridized carbons (Fsp3) is 0. The maximum absolute atomic E-state index is 5.25. The zero-order valence-electron chi connectivity index (χ0n) is 3.23. The van der Waals surface area contributed by atoms with Crippen LogP contribution in [0, 0.1) is 0 Å². The molecule has 0 saturated heterocycles. The first-order valence-corrected chi connectivity index (χ1v) is 0.289. The van der Waals surface area contributed by atoms with Crippen molar-refractivity contribution in [2.24, 2.45) is 0 Å². The third kappa shape index (κ3) is 35.3. The molecule has 0 heterocycles. The molecule has 0 aliphatic rings. The standard InChI is InChI=1S/BHN.2H2O.2Y/c1-2;;;;/h2H;2*1H2;;/q-1;;;;. The molecule has 6 heteroatoms. The Morgan fingerprint density at radius 3 is 0.833 bits per heavy atom. The number of hydrogen-bond acceptors (Lipinski definition) is 0. The van der Waals surface area contributed by atoms with Crippen molar-refractivity contribution in [2.45, 2.75) is 0 Å². The molecule has 0 bridgehead atoms. The molecule has 0 aliphatic carbocycles. The van der Waals surface area contributed by atoms with Gasteiger partial charge in [0.1, 0.15) is 0 Å². The molecule has 0 aromatic heterocycles. The van der Waals surface area contributed by atoms with Crippen molar-refractivity contribution < 1.29 is 76.4 Å². The van der Waals surface area contributed by atoms with Crippen molar-refractivity contribution in [2.75, 3.05) is 0 Å². The predicted octanol–water partition coefficient (Wildman–Crippen LogP) is -1.53. The van der Waals surface area contributed by atoms with E-state index in [9.17, 15) is 0 Å². The van der Waals surface area contributed by atoms with Crippen LogP contribution in [0.1, 0.15) is 0 Å². The van der Waals surface area contributed by atoms with Gasteiger partial charge in [0.25, 0.3) is 0 Å². The van der Waals surface area contributed by atoms with Crippen LogP contribution in [0.2, 0.25) is 0 Å². The fourth-order valence-corrected chi connectivity index (χ4v) is 0.